The number of aryl methyl sites for hydroxylation is 1. The fourth-order valence-electron chi connectivity index (χ4n) is 4.55. The smallest absolute Gasteiger partial charge is 0.00226 e. The second kappa shape index (κ2) is 9.71. The van der Waals surface area contributed by atoms with Crippen molar-refractivity contribution in [2.45, 2.75) is 19.8 Å². The van der Waals surface area contributed by atoms with E-state index in [2.05, 4.69) is 134 Å². The molecule has 0 spiro atoms. The lowest BCUT2D eigenvalue weighted by Gasteiger charge is -2.14. The summed E-state index contributed by atoms with van der Waals surface area (Å²) in [5, 5.41) is 0. The van der Waals surface area contributed by atoms with E-state index in [4.69, 9.17) is 0 Å². The van der Waals surface area contributed by atoms with Crippen LogP contribution in [0.4, 0.5) is 0 Å². The van der Waals surface area contributed by atoms with Gasteiger partial charge in [0.15, 0.2) is 0 Å². The summed E-state index contributed by atoms with van der Waals surface area (Å²) in [6.45, 7) is 2.25. The normalized spacial score (nSPS) is 10.8. The highest BCUT2D eigenvalue weighted by Crippen LogP contribution is 2.31. The molecule has 0 radical (unpaired) electrons. The van der Waals surface area contributed by atoms with Crippen molar-refractivity contribution in [3.05, 3.63) is 144 Å². The van der Waals surface area contributed by atoms with Gasteiger partial charge in [-0.1, -0.05) is 128 Å². The lowest BCUT2D eigenvalue weighted by atomic mass is 9.90. The SMILES string of the molecule is CCc1cc(-c2ccccc2)ccc1Cc1cc(-c2ccccc2)cc(-c2ccccc2)c1. The standard InChI is InChI=1S/C33H28/c1-2-26-23-31(27-12-6-3-7-13-27)19-18-30(26)20-25-21-32(28-14-8-4-9-15-28)24-33(22-25)29-16-10-5-11-17-29/h3-19,21-24H,2,20H2,1H3. The van der Waals surface area contributed by atoms with Crippen LogP contribution in [0.2, 0.25) is 0 Å². The highest BCUT2D eigenvalue weighted by molar-refractivity contribution is 5.74. The third kappa shape index (κ3) is 4.81. The molecular formula is C33H28. The summed E-state index contributed by atoms with van der Waals surface area (Å²) in [6.07, 6.45) is 1.96. The Morgan fingerprint density at radius 3 is 1.36 bits per heavy atom. The molecule has 5 aromatic carbocycles. The summed E-state index contributed by atoms with van der Waals surface area (Å²) >= 11 is 0. The van der Waals surface area contributed by atoms with Gasteiger partial charge < -0.3 is 0 Å². The van der Waals surface area contributed by atoms with Crippen LogP contribution in [0.15, 0.2) is 127 Å². The van der Waals surface area contributed by atoms with Gasteiger partial charge in [-0.2, -0.15) is 0 Å². The van der Waals surface area contributed by atoms with Crippen molar-refractivity contribution in [1.82, 2.24) is 0 Å². The topological polar surface area (TPSA) is 0 Å². The molecule has 0 aliphatic carbocycles. The fourth-order valence-corrected chi connectivity index (χ4v) is 4.55. The molecule has 0 aliphatic heterocycles. The number of hydrogen-bond acceptors (Lipinski definition) is 0. The molecular weight excluding hydrogens is 396 g/mol. The molecule has 0 atom stereocenters. The molecule has 0 saturated carbocycles. The first-order valence-electron chi connectivity index (χ1n) is 11.7. The van der Waals surface area contributed by atoms with Crippen LogP contribution in [-0.2, 0) is 12.8 Å². The maximum Gasteiger partial charge on any atom is -0.00226 e. The fraction of sp³-hybridized carbons (Fsp3) is 0.0909. The summed E-state index contributed by atoms with van der Waals surface area (Å²) in [5.74, 6) is 0. The summed E-state index contributed by atoms with van der Waals surface area (Å²) < 4.78 is 0. The molecule has 5 rings (SSSR count). The number of rotatable bonds is 6. The molecule has 5 aromatic rings. The van der Waals surface area contributed by atoms with Gasteiger partial charge in [-0.15, -0.1) is 0 Å². The Bertz CT molecular complexity index is 1280. The zero-order valence-corrected chi connectivity index (χ0v) is 19.0. The second-order valence-corrected chi connectivity index (χ2v) is 8.53. The van der Waals surface area contributed by atoms with Gasteiger partial charge >= 0.3 is 0 Å². The van der Waals surface area contributed by atoms with Gasteiger partial charge in [0.1, 0.15) is 0 Å². The minimum absolute atomic E-state index is 0.929. The van der Waals surface area contributed by atoms with Crippen LogP contribution < -0.4 is 0 Å². The Labute approximate surface area is 197 Å². The first-order chi connectivity index (χ1) is 16.3. The lowest BCUT2D eigenvalue weighted by Crippen LogP contribution is -1.97. The Balaban J connectivity index is 1.55. The van der Waals surface area contributed by atoms with Crippen molar-refractivity contribution >= 4 is 0 Å². The van der Waals surface area contributed by atoms with Crippen LogP contribution in [0.25, 0.3) is 33.4 Å². The monoisotopic (exact) mass is 424 g/mol. The maximum atomic E-state index is 2.36. The quantitative estimate of drug-likeness (QED) is 0.255. The third-order valence-corrected chi connectivity index (χ3v) is 6.30. The third-order valence-electron chi connectivity index (χ3n) is 6.30. The van der Waals surface area contributed by atoms with E-state index in [0.29, 0.717) is 0 Å². The van der Waals surface area contributed by atoms with E-state index in [1.807, 2.05) is 0 Å². The Morgan fingerprint density at radius 2 is 0.879 bits per heavy atom. The minimum Gasteiger partial charge on any atom is -0.0622 e. The van der Waals surface area contributed by atoms with Gasteiger partial charge in [0.2, 0.25) is 0 Å². The lowest BCUT2D eigenvalue weighted by molar-refractivity contribution is 1.06. The van der Waals surface area contributed by atoms with Crippen molar-refractivity contribution in [2.24, 2.45) is 0 Å². The molecule has 0 fully saturated rings. The van der Waals surface area contributed by atoms with Crippen molar-refractivity contribution in [3.8, 4) is 33.4 Å². The molecule has 0 N–H and O–H groups in total. The van der Waals surface area contributed by atoms with Gasteiger partial charge in [0, 0.05) is 0 Å². The maximum absolute atomic E-state index is 2.36. The van der Waals surface area contributed by atoms with E-state index in [1.54, 1.807) is 0 Å². The molecule has 160 valence electrons. The molecule has 33 heavy (non-hydrogen) atoms. The highest BCUT2D eigenvalue weighted by Gasteiger charge is 2.09. The predicted octanol–water partition coefficient (Wildman–Crippen LogP) is 8.84. The van der Waals surface area contributed by atoms with Crippen LogP contribution in [0.3, 0.4) is 0 Å². The minimum atomic E-state index is 0.929. The summed E-state index contributed by atoms with van der Waals surface area (Å²) in [6, 6.07) is 46.0. The Morgan fingerprint density at radius 1 is 0.394 bits per heavy atom. The molecule has 0 bridgehead atoms. The van der Waals surface area contributed by atoms with E-state index in [0.717, 1.165) is 12.8 Å². The van der Waals surface area contributed by atoms with E-state index in [9.17, 15) is 0 Å². The van der Waals surface area contributed by atoms with Crippen LogP contribution in [0.1, 0.15) is 23.6 Å². The zero-order valence-electron chi connectivity index (χ0n) is 19.0. The van der Waals surface area contributed by atoms with Gasteiger partial charge in [-0.05, 0) is 69.0 Å². The Hall–Kier alpha value is -3.90. The molecule has 0 unspecified atom stereocenters. The van der Waals surface area contributed by atoms with E-state index in [-0.39, 0.29) is 0 Å². The average Bonchev–Trinajstić information content (AvgIpc) is 2.90. The molecule has 0 heteroatoms. The molecule has 0 heterocycles. The van der Waals surface area contributed by atoms with Gasteiger partial charge in [0.25, 0.3) is 0 Å². The van der Waals surface area contributed by atoms with Crippen LogP contribution in [-0.4, -0.2) is 0 Å². The van der Waals surface area contributed by atoms with E-state index in [1.165, 1.54) is 50.1 Å². The van der Waals surface area contributed by atoms with Crippen molar-refractivity contribution in [2.75, 3.05) is 0 Å². The first-order valence-corrected chi connectivity index (χ1v) is 11.7. The van der Waals surface area contributed by atoms with Crippen LogP contribution >= 0.6 is 0 Å². The van der Waals surface area contributed by atoms with Gasteiger partial charge in [0.05, 0.1) is 0 Å². The van der Waals surface area contributed by atoms with Gasteiger partial charge in [-0.25, -0.2) is 0 Å². The molecule has 0 aromatic heterocycles. The predicted molar refractivity (Wildman–Crippen MR) is 141 cm³/mol. The summed E-state index contributed by atoms with van der Waals surface area (Å²) in [5.41, 5.74) is 11.8. The second-order valence-electron chi connectivity index (χ2n) is 8.53. The largest absolute Gasteiger partial charge is 0.0622 e. The van der Waals surface area contributed by atoms with Crippen LogP contribution in [0.5, 0.6) is 0 Å². The Kier molecular flexibility index (Phi) is 6.17. The number of benzene rings is 5. The van der Waals surface area contributed by atoms with Crippen molar-refractivity contribution < 1.29 is 0 Å². The summed E-state index contributed by atoms with van der Waals surface area (Å²) in [4.78, 5) is 0. The van der Waals surface area contributed by atoms with Crippen LogP contribution in [0, 0.1) is 0 Å². The first kappa shape index (κ1) is 21.0. The average molecular weight is 425 g/mol. The highest BCUT2D eigenvalue weighted by atomic mass is 14.1. The number of hydrogen-bond donors (Lipinski definition) is 0. The molecule has 0 nitrogen and oxygen atoms in total. The zero-order chi connectivity index (χ0) is 22.5. The molecule has 0 aliphatic rings. The van der Waals surface area contributed by atoms with E-state index >= 15 is 0 Å². The molecule has 0 amide bonds. The summed E-state index contributed by atoms with van der Waals surface area (Å²) in [7, 11) is 0. The van der Waals surface area contributed by atoms with Gasteiger partial charge in [-0.3, -0.25) is 0 Å². The van der Waals surface area contributed by atoms with Crippen molar-refractivity contribution in [1.29, 1.82) is 0 Å². The van der Waals surface area contributed by atoms with E-state index < -0.39 is 0 Å². The van der Waals surface area contributed by atoms with Crippen molar-refractivity contribution in [3.63, 3.8) is 0 Å². The molecule has 0 saturated heterocycles.